The number of nitrogens with zero attached hydrogens (tertiary/aromatic N) is 6. The molecule has 1 aliphatic rings. The van der Waals surface area contributed by atoms with Gasteiger partial charge in [-0.15, -0.1) is 42.4 Å². The van der Waals surface area contributed by atoms with Crippen LogP contribution in [0.3, 0.4) is 0 Å². The molecule has 0 radical (unpaired) electrons. The molecule has 10 aromatic rings. The van der Waals surface area contributed by atoms with Crippen molar-refractivity contribution in [1.29, 1.82) is 0 Å². The Morgan fingerprint density at radius 1 is 0.667 bits per heavy atom. The summed E-state index contributed by atoms with van der Waals surface area (Å²) in [7, 11) is 1.96. The van der Waals surface area contributed by atoms with E-state index < -0.39 is 0 Å². The average molecular weight is 877 g/mol. The third kappa shape index (κ3) is 4.92. The Hall–Kier alpha value is -6.43. The molecule has 0 amide bonds. The van der Waals surface area contributed by atoms with E-state index in [4.69, 9.17) is 9.40 Å². The zero-order chi connectivity index (χ0) is 35.0. The van der Waals surface area contributed by atoms with Crippen LogP contribution < -0.4 is 9.91 Å². The molecular weight excluding hydrogens is 848 g/mol. The van der Waals surface area contributed by atoms with E-state index in [9.17, 15) is 0 Å². The monoisotopic (exact) mass is 876 g/mol. The molecule has 262 valence electrons. The molecule has 0 saturated heterocycles. The summed E-state index contributed by atoms with van der Waals surface area (Å²) in [6, 6.07) is 56.1. The molecule has 3 aromatic heterocycles. The molecule has 54 heavy (non-hydrogen) atoms. The number of rotatable bonds is 5. The van der Waals surface area contributed by atoms with Gasteiger partial charge in [-0.1, -0.05) is 101 Å². The minimum Gasteiger partial charge on any atom is -0.493 e. The van der Waals surface area contributed by atoms with Gasteiger partial charge in [0.15, 0.2) is 5.58 Å². The molecule has 0 bridgehead atoms. The molecule has 0 atom stereocenters. The number of fused-ring (bicyclic) bond motifs is 10. The van der Waals surface area contributed by atoms with E-state index in [2.05, 4.69) is 136 Å². The summed E-state index contributed by atoms with van der Waals surface area (Å²) >= 11 is 0. The van der Waals surface area contributed by atoms with E-state index in [1.54, 1.807) is 6.34 Å². The summed E-state index contributed by atoms with van der Waals surface area (Å²) in [5.74, 6) is 0.830. The molecule has 4 heterocycles. The van der Waals surface area contributed by atoms with Crippen molar-refractivity contribution >= 4 is 94.4 Å². The molecule has 0 N–H and O–H groups in total. The van der Waals surface area contributed by atoms with Crippen LogP contribution in [0.2, 0.25) is 0 Å². The van der Waals surface area contributed by atoms with E-state index in [1.807, 2.05) is 60.2 Å². The first kappa shape index (κ1) is 32.2. The topological polar surface area (TPSA) is 53.0 Å². The number of hydrazone groups is 1. The Labute approximate surface area is 325 Å². The van der Waals surface area contributed by atoms with E-state index >= 15 is 0 Å². The van der Waals surface area contributed by atoms with Crippen LogP contribution in [-0.4, -0.2) is 27.8 Å². The first-order valence-corrected chi connectivity index (χ1v) is 17.5. The molecule has 0 spiro atoms. The minimum atomic E-state index is 0. The number of pyridine rings is 1. The van der Waals surface area contributed by atoms with Gasteiger partial charge in [-0.05, 0) is 64.3 Å². The quantitative estimate of drug-likeness (QED) is 0.161. The van der Waals surface area contributed by atoms with Crippen LogP contribution in [0, 0.1) is 18.8 Å². The van der Waals surface area contributed by atoms with E-state index in [0.29, 0.717) is 0 Å². The predicted octanol–water partition coefficient (Wildman–Crippen LogP) is 11.3. The second kappa shape index (κ2) is 12.6. The van der Waals surface area contributed by atoms with Gasteiger partial charge in [-0.25, -0.2) is 4.98 Å². The van der Waals surface area contributed by atoms with Crippen molar-refractivity contribution in [1.82, 2.24) is 14.5 Å². The summed E-state index contributed by atoms with van der Waals surface area (Å²) in [5.41, 5.74) is 6.97. The smallest absolute Gasteiger partial charge is 0.159 e. The molecule has 7 aromatic carbocycles. The minimum absolute atomic E-state index is 0. The van der Waals surface area contributed by atoms with Gasteiger partial charge in [-0.3, -0.25) is 0 Å². The Morgan fingerprint density at radius 3 is 2.24 bits per heavy atom. The summed E-state index contributed by atoms with van der Waals surface area (Å²) in [6.45, 7) is 1.93. The van der Waals surface area contributed by atoms with Gasteiger partial charge in [0.25, 0.3) is 0 Å². The first-order valence-electron chi connectivity index (χ1n) is 17.5. The molecule has 0 fully saturated rings. The van der Waals surface area contributed by atoms with Gasteiger partial charge in [-0.2, -0.15) is 17.2 Å². The van der Waals surface area contributed by atoms with E-state index in [-0.39, 0.29) is 21.1 Å². The molecule has 11 rings (SSSR count). The average Bonchev–Trinajstić information content (AvgIpc) is 3.92. The third-order valence-corrected chi connectivity index (χ3v) is 10.2. The summed E-state index contributed by atoms with van der Waals surface area (Å²) < 4.78 is 9.16. The molecule has 0 aliphatic carbocycles. The van der Waals surface area contributed by atoms with Crippen molar-refractivity contribution in [2.45, 2.75) is 0 Å². The normalized spacial score (nSPS) is 12.9. The Bertz CT molecular complexity index is 3100. The van der Waals surface area contributed by atoms with Crippen molar-refractivity contribution < 1.29 is 25.5 Å². The van der Waals surface area contributed by atoms with E-state index in [0.717, 1.165) is 88.5 Å². The van der Waals surface area contributed by atoms with Gasteiger partial charge in [0.1, 0.15) is 11.4 Å². The standard InChI is InChI=1S/C46H29N6O.Pt/c1-49-28-48-50(29-49)32-13-10-14-33(26-32)51(34-21-22-38-37-17-6-7-18-39(37)52(40(38)27-34)43-19-8-9-24-47-43)41-25-31-12-3-5-16-36(31)45-44-35-15-4-2-11-30(35)20-23-42(44)53-46(41)45;/h2-25,28-29H,1H3;/q-3;. The van der Waals surface area contributed by atoms with Gasteiger partial charge in [0, 0.05) is 43.6 Å². The fourth-order valence-corrected chi connectivity index (χ4v) is 7.86. The van der Waals surface area contributed by atoms with Crippen LogP contribution >= 0.6 is 0 Å². The maximum Gasteiger partial charge on any atom is 0.159 e. The number of anilines is 4. The van der Waals surface area contributed by atoms with Crippen molar-refractivity contribution in [3.63, 3.8) is 0 Å². The van der Waals surface area contributed by atoms with Crippen LogP contribution in [0.1, 0.15) is 0 Å². The van der Waals surface area contributed by atoms with Crippen molar-refractivity contribution in [2.75, 3.05) is 17.0 Å². The Morgan fingerprint density at radius 2 is 1.43 bits per heavy atom. The number of furan rings is 1. The van der Waals surface area contributed by atoms with Crippen molar-refractivity contribution in [3.8, 4) is 5.82 Å². The largest absolute Gasteiger partial charge is 0.493 e. The number of aromatic nitrogens is 2. The SMILES string of the molecule is CN1C=NN(c2[c-]c(N(c3[c-]c4c(cc3)c3ccccc3n4-c3ccccn3)c3cc4ccccc4c4c3oc3ccc5ccccc5c34)ccc2)[CH-]1.[Pt]. The van der Waals surface area contributed by atoms with Crippen LogP contribution in [0.4, 0.5) is 22.7 Å². The van der Waals surface area contributed by atoms with Crippen LogP contribution in [0.15, 0.2) is 155 Å². The zero-order valence-corrected chi connectivity index (χ0v) is 31.2. The molecule has 1 aliphatic heterocycles. The van der Waals surface area contributed by atoms with Crippen molar-refractivity contribution in [3.05, 3.63) is 165 Å². The number of benzene rings is 7. The van der Waals surface area contributed by atoms with Crippen LogP contribution in [0.25, 0.3) is 71.1 Å². The van der Waals surface area contributed by atoms with Crippen LogP contribution in [0.5, 0.6) is 0 Å². The molecule has 7 nitrogen and oxygen atoms in total. The molecule has 8 heteroatoms. The fourth-order valence-electron chi connectivity index (χ4n) is 7.86. The second-order valence-corrected chi connectivity index (χ2v) is 13.3. The summed E-state index contributed by atoms with van der Waals surface area (Å²) in [6.07, 6.45) is 3.61. The summed E-state index contributed by atoms with van der Waals surface area (Å²) in [5, 5.41) is 15.4. The van der Waals surface area contributed by atoms with Crippen molar-refractivity contribution in [2.24, 2.45) is 5.10 Å². The second-order valence-electron chi connectivity index (χ2n) is 13.3. The zero-order valence-electron chi connectivity index (χ0n) is 28.9. The summed E-state index contributed by atoms with van der Waals surface area (Å²) in [4.78, 5) is 8.91. The Balaban J connectivity index is 0.00000361. The maximum absolute atomic E-state index is 6.96. The van der Waals surface area contributed by atoms with Crippen LogP contribution in [-0.2, 0) is 21.1 Å². The molecule has 0 saturated carbocycles. The maximum atomic E-state index is 6.96. The number of para-hydroxylation sites is 1. The fraction of sp³-hybridized carbons (Fsp3) is 0.0217. The Kier molecular flexibility index (Phi) is 7.53. The first-order chi connectivity index (χ1) is 26.2. The van der Waals surface area contributed by atoms with Gasteiger partial charge >= 0.3 is 0 Å². The predicted molar refractivity (Wildman–Crippen MR) is 216 cm³/mol. The van der Waals surface area contributed by atoms with Gasteiger partial charge in [0.05, 0.1) is 12.0 Å². The van der Waals surface area contributed by atoms with E-state index in [1.165, 1.54) is 5.39 Å². The number of hydrogen-bond acceptors (Lipinski definition) is 6. The third-order valence-electron chi connectivity index (χ3n) is 10.2. The van der Waals surface area contributed by atoms with Gasteiger partial charge in [0.2, 0.25) is 0 Å². The van der Waals surface area contributed by atoms with Gasteiger partial charge < -0.3 is 23.8 Å². The molecular formula is C46H29N6OPt-3. The number of hydrogen-bond donors (Lipinski definition) is 0. The molecule has 0 unspecified atom stereocenters.